The Morgan fingerprint density at radius 3 is 3.00 bits per heavy atom. The van der Waals surface area contributed by atoms with Crippen molar-refractivity contribution >= 4 is 10.9 Å². The molecule has 5 rings (SSSR count). The summed E-state index contributed by atoms with van der Waals surface area (Å²) in [6, 6.07) is 9.82. The van der Waals surface area contributed by atoms with Crippen LogP contribution in [0.1, 0.15) is 31.7 Å². The quantitative estimate of drug-likeness (QED) is 0.933. The van der Waals surface area contributed by atoms with E-state index < -0.39 is 0 Å². The van der Waals surface area contributed by atoms with Crippen molar-refractivity contribution in [3.05, 3.63) is 36.0 Å². The van der Waals surface area contributed by atoms with Gasteiger partial charge < -0.3 is 4.98 Å². The van der Waals surface area contributed by atoms with Gasteiger partial charge in [0.05, 0.1) is 0 Å². The van der Waals surface area contributed by atoms with Crippen LogP contribution in [0.3, 0.4) is 0 Å². The number of fused-ring (bicyclic) bond motifs is 5. The summed E-state index contributed by atoms with van der Waals surface area (Å²) in [4.78, 5) is 8.74. The van der Waals surface area contributed by atoms with Crippen molar-refractivity contribution in [2.75, 3.05) is 26.2 Å². The molecule has 1 aromatic carbocycles. The van der Waals surface area contributed by atoms with Crippen LogP contribution >= 0.6 is 0 Å². The lowest BCUT2D eigenvalue weighted by Crippen LogP contribution is -2.44. The summed E-state index contributed by atoms with van der Waals surface area (Å²) in [7, 11) is 0. The molecule has 0 spiro atoms. The Balaban J connectivity index is 1.48. The molecule has 3 aliphatic heterocycles. The standard InChI is InChI=1S/C19H27N3/c1-2-9-22-13-16-3-5-18(22)14-21(12-16)11-15-4-6-19-17(10-15)7-8-20-19/h4,6-8,10,16,18,20H,2-3,5,9,11-14H2,1H3/t16-,18+/m0/s1. The molecule has 2 bridgehead atoms. The Morgan fingerprint density at radius 2 is 2.09 bits per heavy atom. The van der Waals surface area contributed by atoms with Gasteiger partial charge in [0.15, 0.2) is 0 Å². The van der Waals surface area contributed by atoms with E-state index in [0.29, 0.717) is 0 Å². The maximum absolute atomic E-state index is 3.28. The zero-order valence-electron chi connectivity index (χ0n) is 13.6. The Bertz CT molecular complexity index is 632. The first-order valence-electron chi connectivity index (χ1n) is 8.84. The van der Waals surface area contributed by atoms with Crippen LogP contribution in [-0.2, 0) is 6.54 Å². The highest BCUT2D eigenvalue weighted by atomic mass is 15.3. The van der Waals surface area contributed by atoms with Crippen LogP contribution in [0.15, 0.2) is 30.5 Å². The van der Waals surface area contributed by atoms with Gasteiger partial charge in [-0.1, -0.05) is 13.0 Å². The van der Waals surface area contributed by atoms with Crippen LogP contribution in [0, 0.1) is 5.92 Å². The molecule has 3 fully saturated rings. The summed E-state index contributed by atoms with van der Waals surface area (Å²) < 4.78 is 0. The Morgan fingerprint density at radius 1 is 1.14 bits per heavy atom. The summed E-state index contributed by atoms with van der Waals surface area (Å²) in [6.07, 6.45) is 6.15. The lowest BCUT2D eigenvalue weighted by molar-refractivity contribution is 0.131. The zero-order chi connectivity index (χ0) is 14.9. The molecule has 118 valence electrons. The molecule has 2 aromatic rings. The molecule has 3 aliphatic rings. The second-order valence-corrected chi connectivity index (χ2v) is 7.19. The van der Waals surface area contributed by atoms with Crippen molar-refractivity contribution in [2.45, 2.75) is 38.8 Å². The highest BCUT2D eigenvalue weighted by Gasteiger charge is 2.34. The molecule has 1 N–H and O–H groups in total. The monoisotopic (exact) mass is 297 g/mol. The SMILES string of the molecule is CCCN1C[C@H]2CC[C@@H]1CN(Cc1ccc3[nH]ccc3c1)C2. The van der Waals surface area contributed by atoms with Crippen molar-refractivity contribution in [2.24, 2.45) is 5.92 Å². The third-order valence-electron chi connectivity index (χ3n) is 5.44. The largest absolute Gasteiger partial charge is 0.361 e. The molecule has 3 heteroatoms. The van der Waals surface area contributed by atoms with Gasteiger partial charge in [-0.25, -0.2) is 0 Å². The average molecular weight is 297 g/mol. The van der Waals surface area contributed by atoms with Gasteiger partial charge in [0, 0.05) is 43.9 Å². The van der Waals surface area contributed by atoms with Crippen LogP contribution < -0.4 is 0 Å². The normalized spacial score (nSPS) is 26.6. The van der Waals surface area contributed by atoms with E-state index in [9.17, 15) is 0 Å². The zero-order valence-corrected chi connectivity index (χ0v) is 13.6. The topological polar surface area (TPSA) is 22.3 Å². The number of hydrogen-bond acceptors (Lipinski definition) is 2. The summed E-state index contributed by atoms with van der Waals surface area (Å²) in [5.74, 6) is 0.876. The molecule has 0 amide bonds. The van der Waals surface area contributed by atoms with Crippen molar-refractivity contribution in [3.63, 3.8) is 0 Å². The number of aromatic amines is 1. The van der Waals surface area contributed by atoms with Crippen LogP contribution in [0.4, 0.5) is 0 Å². The Hall–Kier alpha value is -1.32. The smallest absolute Gasteiger partial charge is 0.0454 e. The minimum atomic E-state index is 0.787. The van der Waals surface area contributed by atoms with Gasteiger partial charge in [0.2, 0.25) is 0 Å². The predicted molar refractivity (Wildman–Crippen MR) is 92.0 cm³/mol. The maximum Gasteiger partial charge on any atom is 0.0454 e. The van der Waals surface area contributed by atoms with E-state index in [1.165, 1.54) is 61.9 Å². The molecule has 3 saturated heterocycles. The molecule has 22 heavy (non-hydrogen) atoms. The van der Waals surface area contributed by atoms with E-state index in [0.717, 1.165) is 18.5 Å². The number of rotatable bonds is 4. The van der Waals surface area contributed by atoms with Crippen molar-refractivity contribution in [1.29, 1.82) is 0 Å². The molecular weight excluding hydrogens is 270 g/mol. The van der Waals surface area contributed by atoms with Gasteiger partial charge >= 0.3 is 0 Å². The fraction of sp³-hybridized carbons (Fsp3) is 0.579. The first kappa shape index (κ1) is 14.3. The highest BCUT2D eigenvalue weighted by Crippen LogP contribution is 2.29. The predicted octanol–water partition coefficient (Wildman–Crippen LogP) is 3.47. The van der Waals surface area contributed by atoms with Crippen LogP contribution in [-0.4, -0.2) is 47.0 Å². The van der Waals surface area contributed by atoms with Gasteiger partial charge in [-0.15, -0.1) is 0 Å². The van der Waals surface area contributed by atoms with E-state index >= 15 is 0 Å². The minimum absolute atomic E-state index is 0.787. The maximum atomic E-state index is 3.28. The number of hydrogen-bond donors (Lipinski definition) is 1. The van der Waals surface area contributed by atoms with E-state index in [4.69, 9.17) is 0 Å². The highest BCUT2D eigenvalue weighted by molar-refractivity contribution is 5.79. The molecule has 0 radical (unpaired) electrons. The molecule has 1 aromatic heterocycles. The molecule has 4 heterocycles. The van der Waals surface area contributed by atoms with Crippen LogP contribution in [0.2, 0.25) is 0 Å². The van der Waals surface area contributed by atoms with Gasteiger partial charge in [-0.2, -0.15) is 0 Å². The van der Waals surface area contributed by atoms with Crippen LogP contribution in [0.25, 0.3) is 10.9 Å². The van der Waals surface area contributed by atoms with Gasteiger partial charge in [-0.3, -0.25) is 9.80 Å². The fourth-order valence-electron chi connectivity index (χ4n) is 4.43. The lowest BCUT2D eigenvalue weighted by Gasteiger charge is -2.35. The van der Waals surface area contributed by atoms with Crippen molar-refractivity contribution < 1.29 is 0 Å². The third-order valence-corrected chi connectivity index (χ3v) is 5.44. The molecule has 0 saturated carbocycles. The Kier molecular flexibility index (Phi) is 3.93. The van der Waals surface area contributed by atoms with E-state index in [-0.39, 0.29) is 0 Å². The number of nitrogens with one attached hydrogen (secondary N) is 1. The van der Waals surface area contributed by atoms with Gasteiger partial charge in [0.1, 0.15) is 0 Å². The van der Waals surface area contributed by atoms with Crippen LogP contribution in [0.5, 0.6) is 0 Å². The summed E-state index contributed by atoms with van der Waals surface area (Å²) in [5, 5.41) is 1.34. The molecule has 3 nitrogen and oxygen atoms in total. The first-order valence-corrected chi connectivity index (χ1v) is 8.84. The van der Waals surface area contributed by atoms with Gasteiger partial charge in [-0.05, 0) is 60.9 Å². The fourth-order valence-corrected chi connectivity index (χ4v) is 4.43. The number of aromatic nitrogens is 1. The summed E-state index contributed by atoms with van der Waals surface area (Å²) in [5.41, 5.74) is 2.70. The van der Waals surface area contributed by atoms with E-state index in [1.807, 2.05) is 6.20 Å². The Labute approximate surface area is 133 Å². The number of H-pyrrole nitrogens is 1. The number of nitrogens with zero attached hydrogens (tertiary/aromatic N) is 2. The number of piperidine rings is 1. The summed E-state index contributed by atoms with van der Waals surface area (Å²) >= 11 is 0. The molecule has 0 unspecified atom stereocenters. The second kappa shape index (κ2) is 6.05. The van der Waals surface area contributed by atoms with Crippen molar-refractivity contribution in [3.8, 4) is 0 Å². The lowest BCUT2D eigenvalue weighted by atomic mass is 9.95. The summed E-state index contributed by atoms with van der Waals surface area (Å²) in [6.45, 7) is 8.55. The van der Waals surface area contributed by atoms with E-state index in [1.54, 1.807) is 0 Å². The number of benzene rings is 1. The second-order valence-electron chi connectivity index (χ2n) is 7.19. The molecular formula is C19H27N3. The molecule has 2 atom stereocenters. The minimum Gasteiger partial charge on any atom is -0.361 e. The third kappa shape index (κ3) is 2.80. The van der Waals surface area contributed by atoms with E-state index in [2.05, 4.69) is 46.0 Å². The van der Waals surface area contributed by atoms with Gasteiger partial charge in [0.25, 0.3) is 0 Å². The average Bonchev–Trinajstić information content (AvgIpc) is 2.81. The first-order chi connectivity index (χ1) is 10.8. The molecule has 0 aliphatic carbocycles. The van der Waals surface area contributed by atoms with Crippen molar-refractivity contribution in [1.82, 2.24) is 14.8 Å².